The van der Waals surface area contributed by atoms with Gasteiger partial charge in [0, 0.05) is 16.5 Å². The number of carbonyl (C=O) groups excluding carboxylic acids is 1. The fourth-order valence-electron chi connectivity index (χ4n) is 2.51. The van der Waals surface area contributed by atoms with Gasteiger partial charge in [0.15, 0.2) is 0 Å². The van der Waals surface area contributed by atoms with Gasteiger partial charge in [-0.2, -0.15) is 0 Å². The maximum Gasteiger partial charge on any atom is 0.255 e. The van der Waals surface area contributed by atoms with Gasteiger partial charge in [0.2, 0.25) is 0 Å². The number of rotatable bonds is 4. The van der Waals surface area contributed by atoms with E-state index in [0.717, 1.165) is 16.0 Å². The van der Waals surface area contributed by atoms with Crippen LogP contribution in [0.3, 0.4) is 0 Å². The summed E-state index contributed by atoms with van der Waals surface area (Å²) in [5.41, 5.74) is 9.99. The number of hydrogen-bond acceptors (Lipinski definition) is 3. The number of anilines is 1. The molecular formula is C18H24N2OS. The van der Waals surface area contributed by atoms with Gasteiger partial charge in [0.1, 0.15) is 0 Å². The number of aryl methyl sites for hydroxylation is 1. The summed E-state index contributed by atoms with van der Waals surface area (Å²) in [7, 11) is 0. The van der Waals surface area contributed by atoms with Crippen molar-refractivity contribution in [3.05, 3.63) is 40.3 Å². The van der Waals surface area contributed by atoms with Crippen LogP contribution >= 0.6 is 11.3 Å². The molecule has 2 aromatic rings. The van der Waals surface area contributed by atoms with Gasteiger partial charge in [0.05, 0.1) is 10.6 Å². The van der Waals surface area contributed by atoms with E-state index in [1.54, 1.807) is 0 Å². The van der Waals surface area contributed by atoms with E-state index < -0.39 is 0 Å². The summed E-state index contributed by atoms with van der Waals surface area (Å²) < 4.78 is 0. The van der Waals surface area contributed by atoms with Crippen LogP contribution in [0.1, 0.15) is 54.4 Å². The molecule has 0 saturated carbocycles. The second-order valence-electron chi connectivity index (χ2n) is 6.18. The highest BCUT2D eigenvalue weighted by molar-refractivity contribution is 7.16. The third-order valence-corrected chi connectivity index (χ3v) is 4.56. The molecule has 0 unspecified atom stereocenters. The Bertz CT molecular complexity index is 669. The maximum atomic E-state index is 12.5. The van der Waals surface area contributed by atoms with Crippen molar-refractivity contribution < 1.29 is 4.79 Å². The predicted molar refractivity (Wildman–Crippen MR) is 95.6 cm³/mol. The van der Waals surface area contributed by atoms with E-state index in [4.69, 9.17) is 5.73 Å². The second kappa shape index (κ2) is 6.53. The van der Waals surface area contributed by atoms with Gasteiger partial charge in [-0.1, -0.05) is 38.1 Å². The Morgan fingerprint density at radius 2 is 1.73 bits per heavy atom. The van der Waals surface area contributed by atoms with Gasteiger partial charge in [0.25, 0.3) is 5.91 Å². The largest absolute Gasteiger partial charge is 0.390 e. The molecule has 4 heteroatoms. The lowest BCUT2D eigenvalue weighted by Gasteiger charge is -2.12. The van der Waals surface area contributed by atoms with E-state index in [9.17, 15) is 4.79 Å². The molecule has 118 valence electrons. The lowest BCUT2D eigenvalue weighted by Crippen LogP contribution is -2.30. The molecule has 1 aromatic carbocycles. The Kier molecular flexibility index (Phi) is 4.91. The Balaban J connectivity index is 2.48. The topological polar surface area (TPSA) is 55.1 Å². The van der Waals surface area contributed by atoms with Gasteiger partial charge in [-0.05, 0) is 37.8 Å². The van der Waals surface area contributed by atoms with Crippen molar-refractivity contribution in [3.8, 4) is 11.1 Å². The number of carbonyl (C=O) groups is 1. The lowest BCUT2D eigenvalue weighted by molar-refractivity contribution is 0.0945. The summed E-state index contributed by atoms with van der Waals surface area (Å²) in [6, 6.07) is 8.49. The van der Waals surface area contributed by atoms with Crippen LogP contribution in [0.25, 0.3) is 11.1 Å². The van der Waals surface area contributed by atoms with Gasteiger partial charge >= 0.3 is 0 Å². The van der Waals surface area contributed by atoms with Crippen LogP contribution in [0, 0.1) is 6.92 Å². The zero-order valence-corrected chi connectivity index (χ0v) is 14.7. The number of nitrogen functional groups attached to an aromatic ring is 1. The molecule has 1 aromatic heterocycles. The van der Waals surface area contributed by atoms with Crippen LogP contribution < -0.4 is 11.1 Å². The molecule has 0 radical (unpaired) electrons. The number of benzene rings is 1. The maximum absolute atomic E-state index is 12.5. The Labute approximate surface area is 136 Å². The van der Waals surface area contributed by atoms with Crippen LogP contribution in [-0.2, 0) is 0 Å². The van der Waals surface area contributed by atoms with Crippen molar-refractivity contribution in [2.75, 3.05) is 5.73 Å². The van der Waals surface area contributed by atoms with Crippen LogP contribution in [0.15, 0.2) is 24.3 Å². The van der Waals surface area contributed by atoms with Crippen molar-refractivity contribution in [1.82, 2.24) is 5.32 Å². The summed E-state index contributed by atoms with van der Waals surface area (Å²) in [6.45, 7) is 10.3. The van der Waals surface area contributed by atoms with Crippen LogP contribution in [0.5, 0.6) is 0 Å². The lowest BCUT2D eigenvalue weighted by atomic mass is 9.96. The summed E-state index contributed by atoms with van der Waals surface area (Å²) in [5.74, 6) is 0.395. The molecule has 0 atom stereocenters. The molecule has 0 fully saturated rings. The van der Waals surface area contributed by atoms with E-state index in [2.05, 4.69) is 43.4 Å². The minimum atomic E-state index is -0.0974. The van der Waals surface area contributed by atoms with E-state index >= 15 is 0 Å². The van der Waals surface area contributed by atoms with Crippen molar-refractivity contribution in [2.24, 2.45) is 0 Å². The highest BCUT2D eigenvalue weighted by atomic mass is 32.1. The van der Waals surface area contributed by atoms with Gasteiger partial charge in [-0.15, -0.1) is 11.3 Å². The molecule has 0 spiro atoms. The molecule has 1 heterocycles. The predicted octanol–water partition coefficient (Wildman–Crippen LogP) is 4.57. The molecule has 3 N–H and O–H groups in total. The molecule has 22 heavy (non-hydrogen) atoms. The van der Waals surface area contributed by atoms with Crippen LogP contribution in [0.2, 0.25) is 0 Å². The minimum Gasteiger partial charge on any atom is -0.390 e. The quantitative estimate of drug-likeness (QED) is 0.868. The number of nitrogens with two attached hydrogens (primary N) is 1. The van der Waals surface area contributed by atoms with Crippen LogP contribution in [0.4, 0.5) is 5.00 Å². The Morgan fingerprint density at radius 1 is 1.14 bits per heavy atom. The third kappa shape index (κ3) is 3.33. The van der Waals surface area contributed by atoms with Crippen molar-refractivity contribution in [3.63, 3.8) is 0 Å². The average Bonchev–Trinajstić information content (AvgIpc) is 2.72. The van der Waals surface area contributed by atoms with E-state index in [0.29, 0.717) is 16.5 Å². The van der Waals surface area contributed by atoms with Crippen molar-refractivity contribution in [1.29, 1.82) is 0 Å². The first-order chi connectivity index (χ1) is 10.3. The standard InChI is InChI=1S/C18H24N2OS/c1-10(2)13-6-8-14(9-7-13)15-12(5)22-17(19)16(15)18(21)20-11(3)4/h6-11H,19H2,1-5H3,(H,20,21). The molecular weight excluding hydrogens is 292 g/mol. The van der Waals surface area contributed by atoms with E-state index in [1.165, 1.54) is 16.9 Å². The second-order valence-corrected chi connectivity index (χ2v) is 7.43. The van der Waals surface area contributed by atoms with Crippen molar-refractivity contribution >= 4 is 22.2 Å². The van der Waals surface area contributed by atoms with Crippen LogP contribution in [-0.4, -0.2) is 11.9 Å². The summed E-state index contributed by atoms with van der Waals surface area (Å²) in [5, 5.41) is 3.52. The number of hydrogen-bond donors (Lipinski definition) is 2. The van der Waals surface area contributed by atoms with E-state index in [-0.39, 0.29) is 11.9 Å². The fraction of sp³-hybridized carbons (Fsp3) is 0.389. The van der Waals surface area contributed by atoms with Crippen molar-refractivity contribution in [2.45, 2.75) is 46.6 Å². The van der Waals surface area contributed by atoms with E-state index in [1.807, 2.05) is 20.8 Å². The normalized spacial score (nSPS) is 11.2. The summed E-state index contributed by atoms with van der Waals surface area (Å²) in [6.07, 6.45) is 0. The first-order valence-corrected chi connectivity index (χ1v) is 8.43. The molecule has 1 amide bonds. The molecule has 0 aliphatic rings. The first kappa shape index (κ1) is 16.6. The highest BCUT2D eigenvalue weighted by Crippen LogP contribution is 2.38. The Morgan fingerprint density at radius 3 is 2.23 bits per heavy atom. The molecule has 3 nitrogen and oxygen atoms in total. The zero-order chi connectivity index (χ0) is 16.4. The number of amides is 1. The fourth-order valence-corrected chi connectivity index (χ4v) is 3.46. The number of thiophene rings is 1. The van der Waals surface area contributed by atoms with Gasteiger partial charge < -0.3 is 11.1 Å². The zero-order valence-electron chi connectivity index (χ0n) is 13.9. The monoisotopic (exact) mass is 316 g/mol. The number of nitrogens with one attached hydrogen (secondary N) is 1. The molecule has 2 rings (SSSR count). The molecule has 0 aliphatic heterocycles. The molecule has 0 bridgehead atoms. The molecule has 0 aliphatic carbocycles. The average molecular weight is 316 g/mol. The Hall–Kier alpha value is -1.81. The smallest absolute Gasteiger partial charge is 0.255 e. The minimum absolute atomic E-state index is 0.0864. The third-order valence-electron chi connectivity index (χ3n) is 3.62. The summed E-state index contributed by atoms with van der Waals surface area (Å²) >= 11 is 1.47. The van der Waals surface area contributed by atoms with Gasteiger partial charge in [-0.25, -0.2) is 0 Å². The SMILES string of the molecule is Cc1sc(N)c(C(=O)NC(C)C)c1-c1ccc(C(C)C)cc1. The van der Waals surface area contributed by atoms with Gasteiger partial charge in [-0.3, -0.25) is 4.79 Å². The first-order valence-electron chi connectivity index (χ1n) is 7.61. The summed E-state index contributed by atoms with van der Waals surface area (Å²) in [4.78, 5) is 13.5. The molecule has 0 saturated heterocycles. The highest BCUT2D eigenvalue weighted by Gasteiger charge is 2.22.